The molecule has 0 aliphatic heterocycles. The Hall–Kier alpha value is -2.93. The van der Waals surface area contributed by atoms with E-state index in [-0.39, 0.29) is 16.4 Å². The first kappa shape index (κ1) is 19.4. The Balaban J connectivity index is 2.01. The number of nitrogens with one attached hydrogen (secondary N) is 1. The normalized spacial score (nSPS) is 10.9. The van der Waals surface area contributed by atoms with Crippen molar-refractivity contribution in [2.24, 2.45) is 0 Å². The molecule has 1 amide bonds. The summed E-state index contributed by atoms with van der Waals surface area (Å²) in [6, 6.07) is 12.9. The Bertz CT molecular complexity index is 837. The minimum absolute atomic E-state index is 0.0252. The predicted molar refractivity (Wildman–Crippen MR) is 97.2 cm³/mol. The molecular formula is C18H17ClN2O5. The van der Waals surface area contributed by atoms with Crippen LogP contribution in [-0.2, 0) is 19.7 Å². The van der Waals surface area contributed by atoms with E-state index < -0.39 is 28.8 Å². The Morgan fingerprint density at radius 3 is 2.46 bits per heavy atom. The van der Waals surface area contributed by atoms with Crippen molar-refractivity contribution in [2.75, 3.05) is 11.9 Å². The number of anilines is 1. The number of carbonyl (C=O) groups excluding carboxylic acids is 2. The first-order chi connectivity index (χ1) is 12.2. The monoisotopic (exact) mass is 376 g/mol. The summed E-state index contributed by atoms with van der Waals surface area (Å²) in [7, 11) is 0. The number of carbonyl (C=O) groups is 2. The molecule has 2 rings (SSSR count). The minimum atomic E-state index is -0.937. The van der Waals surface area contributed by atoms with Crippen LogP contribution in [0.25, 0.3) is 0 Å². The van der Waals surface area contributed by atoms with E-state index in [0.29, 0.717) is 0 Å². The third-order valence-corrected chi connectivity index (χ3v) is 4.01. The molecule has 0 spiro atoms. The van der Waals surface area contributed by atoms with E-state index in [2.05, 4.69) is 5.32 Å². The third kappa shape index (κ3) is 4.58. The first-order valence-corrected chi connectivity index (χ1v) is 8.06. The van der Waals surface area contributed by atoms with E-state index in [1.165, 1.54) is 12.1 Å². The topological polar surface area (TPSA) is 98.5 Å². The predicted octanol–water partition coefficient (Wildman–Crippen LogP) is 3.71. The molecule has 0 aliphatic rings. The van der Waals surface area contributed by atoms with Crippen molar-refractivity contribution >= 4 is 34.9 Å². The molecule has 0 unspecified atom stereocenters. The van der Waals surface area contributed by atoms with Crippen molar-refractivity contribution < 1.29 is 19.2 Å². The minimum Gasteiger partial charge on any atom is -0.455 e. The molecule has 0 fully saturated rings. The molecule has 0 saturated heterocycles. The number of benzene rings is 2. The average molecular weight is 377 g/mol. The Labute approximate surface area is 155 Å². The lowest BCUT2D eigenvalue weighted by Gasteiger charge is -2.22. The van der Waals surface area contributed by atoms with Crippen LogP contribution in [0, 0.1) is 10.1 Å². The zero-order chi connectivity index (χ0) is 19.3. The van der Waals surface area contributed by atoms with E-state index >= 15 is 0 Å². The number of amides is 1. The second-order valence-electron chi connectivity index (χ2n) is 6.03. The molecule has 0 atom stereocenters. The van der Waals surface area contributed by atoms with Gasteiger partial charge in [-0.1, -0.05) is 41.9 Å². The van der Waals surface area contributed by atoms with Crippen LogP contribution in [0.15, 0.2) is 48.5 Å². The zero-order valence-corrected chi connectivity index (χ0v) is 14.9. The van der Waals surface area contributed by atoms with Crippen LogP contribution >= 0.6 is 11.6 Å². The van der Waals surface area contributed by atoms with Crippen molar-refractivity contribution in [2.45, 2.75) is 19.3 Å². The molecule has 0 saturated carbocycles. The number of halogens is 1. The molecule has 0 aliphatic carbocycles. The van der Waals surface area contributed by atoms with Gasteiger partial charge in [0.15, 0.2) is 6.61 Å². The summed E-state index contributed by atoms with van der Waals surface area (Å²) < 4.78 is 5.07. The van der Waals surface area contributed by atoms with E-state index in [4.69, 9.17) is 16.3 Å². The van der Waals surface area contributed by atoms with Gasteiger partial charge in [0, 0.05) is 11.1 Å². The van der Waals surface area contributed by atoms with Crippen molar-refractivity contribution in [3.05, 3.63) is 69.2 Å². The van der Waals surface area contributed by atoms with Crippen molar-refractivity contribution in [3.63, 3.8) is 0 Å². The number of hydrogen-bond donors (Lipinski definition) is 1. The number of ether oxygens (including phenoxy) is 1. The molecule has 0 aromatic heterocycles. The van der Waals surface area contributed by atoms with Gasteiger partial charge in [-0.2, -0.15) is 0 Å². The van der Waals surface area contributed by atoms with Gasteiger partial charge in [-0.15, -0.1) is 0 Å². The zero-order valence-electron chi connectivity index (χ0n) is 14.2. The fourth-order valence-electron chi connectivity index (χ4n) is 2.23. The lowest BCUT2D eigenvalue weighted by molar-refractivity contribution is -0.383. The summed E-state index contributed by atoms with van der Waals surface area (Å²) >= 11 is 5.72. The number of nitro groups is 1. The number of rotatable bonds is 6. The molecule has 2 aromatic rings. The van der Waals surface area contributed by atoms with E-state index in [1.54, 1.807) is 38.1 Å². The quantitative estimate of drug-likeness (QED) is 0.470. The van der Waals surface area contributed by atoms with E-state index in [0.717, 1.165) is 11.6 Å². The molecule has 8 heteroatoms. The van der Waals surface area contributed by atoms with E-state index in [9.17, 15) is 19.7 Å². The van der Waals surface area contributed by atoms with Gasteiger partial charge < -0.3 is 10.1 Å². The number of nitrogens with zero attached hydrogens (tertiary/aromatic N) is 1. The molecule has 136 valence electrons. The molecule has 1 N–H and O–H groups in total. The van der Waals surface area contributed by atoms with Crippen LogP contribution < -0.4 is 5.32 Å². The molecule has 26 heavy (non-hydrogen) atoms. The highest BCUT2D eigenvalue weighted by molar-refractivity contribution is 6.31. The summed E-state index contributed by atoms with van der Waals surface area (Å²) in [5.41, 5.74) is -0.559. The largest absolute Gasteiger partial charge is 0.455 e. The standard InChI is InChI=1S/C18H17ClN2O5/c1-18(2,12-6-4-3-5-7-12)17(23)26-11-16(22)20-14-9-8-13(19)10-15(14)21(24)25/h3-10H,11H2,1-2H3,(H,20,22). The fourth-order valence-corrected chi connectivity index (χ4v) is 2.40. The first-order valence-electron chi connectivity index (χ1n) is 7.68. The van der Waals surface area contributed by atoms with Gasteiger partial charge in [0.2, 0.25) is 0 Å². The van der Waals surface area contributed by atoms with Crippen molar-refractivity contribution in [1.29, 1.82) is 0 Å². The summed E-state index contributed by atoms with van der Waals surface area (Å²) in [4.78, 5) is 34.7. The molecule has 7 nitrogen and oxygen atoms in total. The van der Waals surface area contributed by atoms with Gasteiger partial charge in [0.1, 0.15) is 5.69 Å². The van der Waals surface area contributed by atoms with Gasteiger partial charge in [-0.05, 0) is 31.5 Å². The summed E-state index contributed by atoms with van der Waals surface area (Å²) in [5, 5.41) is 13.5. The second kappa shape index (κ2) is 7.97. The van der Waals surface area contributed by atoms with Crippen LogP contribution in [0.5, 0.6) is 0 Å². The molecule has 0 radical (unpaired) electrons. The number of esters is 1. The van der Waals surface area contributed by atoms with Gasteiger partial charge in [0.05, 0.1) is 10.3 Å². The van der Waals surface area contributed by atoms with Gasteiger partial charge in [0.25, 0.3) is 11.6 Å². The van der Waals surface area contributed by atoms with Crippen LogP contribution in [0.4, 0.5) is 11.4 Å². The summed E-state index contributed by atoms with van der Waals surface area (Å²) in [6.07, 6.45) is 0. The van der Waals surface area contributed by atoms with Crippen molar-refractivity contribution in [3.8, 4) is 0 Å². The van der Waals surface area contributed by atoms with Crippen LogP contribution in [-0.4, -0.2) is 23.4 Å². The van der Waals surface area contributed by atoms with Crippen LogP contribution in [0.1, 0.15) is 19.4 Å². The lowest BCUT2D eigenvalue weighted by Crippen LogP contribution is -2.33. The molecule has 2 aromatic carbocycles. The SMILES string of the molecule is CC(C)(C(=O)OCC(=O)Nc1ccc(Cl)cc1[N+](=O)[O-])c1ccccc1. The number of nitro benzene ring substituents is 1. The highest BCUT2D eigenvalue weighted by Gasteiger charge is 2.31. The maximum absolute atomic E-state index is 12.3. The van der Waals surface area contributed by atoms with E-state index in [1.807, 2.05) is 6.07 Å². The smallest absolute Gasteiger partial charge is 0.316 e. The number of hydrogen-bond acceptors (Lipinski definition) is 5. The molecule has 0 bridgehead atoms. The highest BCUT2D eigenvalue weighted by Crippen LogP contribution is 2.28. The summed E-state index contributed by atoms with van der Waals surface area (Å²) in [6.45, 7) is 2.81. The summed E-state index contributed by atoms with van der Waals surface area (Å²) in [5.74, 6) is -1.27. The third-order valence-electron chi connectivity index (χ3n) is 3.77. The maximum atomic E-state index is 12.3. The van der Waals surface area contributed by atoms with Crippen LogP contribution in [0.3, 0.4) is 0 Å². The molecular weight excluding hydrogens is 360 g/mol. The fraction of sp³-hybridized carbons (Fsp3) is 0.222. The van der Waals surface area contributed by atoms with Crippen LogP contribution in [0.2, 0.25) is 5.02 Å². The second-order valence-corrected chi connectivity index (χ2v) is 6.47. The van der Waals surface area contributed by atoms with Gasteiger partial charge in [-0.3, -0.25) is 19.7 Å². The van der Waals surface area contributed by atoms with Gasteiger partial charge in [-0.25, -0.2) is 0 Å². The van der Waals surface area contributed by atoms with Gasteiger partial charge >= 0.3 is 5.97 Å². The maximum Gasteiger partial charge on any atom is 0.316 e. The van der Waals surface area contributed by atoms with Crippen molar-refractivity contribution in [1.82, 2.24) is 0 Å². The Kier molecular flexibility index (Phi) is 5.94. The average Bonchev–Trinajstić information content (AvgIpc) is 2.61. The lowest BCUT2D eigenvalue weighted by atomic mass is 9.85. The Morgan fingerprint density at radius 2 is 1.85 bits per heavy atom. The molecule has 0 heterocycles. The highest BCUT2D eigenvalue weighted by atomic mass is 35.5. The Morgan fingerprint density at radius 1 is 1.19 bits per heavy atom.